The Kier molecular flexibility index (Phi) is 3.80. The fraction of sp³-hybridized carbons (Fsp3) is 0.455. The van der Waals surface area contributed by atoms with Gasteiger partial charge in [-0.15, -0.1) is 0 Å². The summed E-state index contributed by atoms with van der Waals surface area (Å²) in [6.45, 7) is 9.72. The number of hydrogen-bond acceptors (Lipinski definition) is 1. The predicted octanol–water partition coefficient (Wildman–Crippen LogP) is 6.01. The molecule has 0 amide bonds. The molecule has 0 fully saturated rings. The van der Waals surface area contributed by atoms with Crippen LogP contribution in [-0.2, 0) is 31.1 Å². The quantitative estimate of drug-likeness (QED) is 0.615. The molecule has 0 saturated heterocycles. The van der Waals surface area contributed by atoms with E-state index >= 15 is 0 Å². The third kappa shape index (κ3) is 2.42. The number of rotatable bonds is 2. The summed E-state index contributed by atoms with van der Waals surface area (Å²) >= 11 is 3.82. The van der Waals surface area contributed by atoms with Gasteiger partial charge in [0.05, 0.1) is 11.1 Å². The molecule has 0 N–H and O–H groups in total. The predicted molar refractivity (Wildman–Crippen MR) is 104 cm³/mol. The number of halogens is 1. The average Bonchev–Trinajstić information content (AvgIpc) is 2.54. The van der Waals surface area contributed by atoms with E-state index in [1.807, 2.05) is 0 Å². The Hall–Kier alpha value is -1.28. The zero-order valence-electron chi connectivity index (χ0n) is 15.1. The molecule has 0 atom stereocenters. The second kappa shape index (κ2) is 5.62. The number of aryl methyl sites for hydroxylation is 3. The fourth-order valence-corrected chi connectivity index (χ4v) is 4.82. The van der Waals surface area contributed by atoms with Gasteiger partial charge in [-0.1, -0.05) is 32.9 Å². The van der Waals surface area contributed by atoms with Gasteiger partial charge < -0.3 is 4.74 Å². The summed E-state index contributed by atoms with van der Waals surface area (Å²) in [7, 11) is 0. The first-order chi connectivity index (χ1) is 11.4. The van der Waals surface area contributed by atoms with Gasteiger partial charge in [-0.05, 0) is 99.0 Å². The molecule has 0 aliphatic heterocycles. The van der Waals surface area contributed by atoms with Crippen molar-refractivity contribution in [2.24, 2.45) is 0 Å². The standard InChI is InChI=1S/C22H25BrO/c1-5-24-18-12-15-7-6-13-10-16(22(2,3)4)11-14-8-9-17(21(18)23)20(15)19(13)14/h10-12H,5-9H2,1-4H3. The zero-order valence-corrected chi connectivity index (χ0v) is 16.6. The maximum absolute atomic E-state index is 5.87. The Morgan fingerprint density at radius 1 is 0.917 bits per heavy atom. The van der Waals surface area contributed by atoms with Crippen LogP contribution in [0.15, 0.2) is 22.7 Å². The highest BCUT2D eigenvalue weighted by Crippen LogP contribution is 2.48. The minimum atomic E-state index is 0.214. The molecule has 4 rings (SSSR count). The second-order valence-corrected chi connectivity index (χ2v) is 8.85. The third-order valence-electron chi connectivity index (χ3n) is 5.44. The van der Waals surface area contributed by atoms with Crippen molar-refractivity contribution in [3.63, 3.8) is 0 Å². The molecule has 0 heterocycles. The molecule has 0 radical (unpaired) electrons. The van der Waals surface area contributed by atoms with E-state index in [-0.39, 0.29) is 5.41 Å². The van der Waals surface area contributed by atoms with Crippen molar-refractivity contribution in [3.8, 4) is 16.9 Å². The molecule has 0 aromatic heterocycles. The van der Waals surface area contributed by atoms with Crippen molar-refractivity contribution in [3.05, 3.63) is 50.5 Å². The van der Waals surface area contributed by atoms with E-state index < -0.39 is 0 Å². The van der Waals surface area contributed by atoms with E-state index in [4.69, 9.17) is 4.74 Å². The highest BCUT2D eigenvalue weighted by Gasteiger charge is 2.30. The molecule has 2 aliphatic carbocycles. The van der Waals surface area contributed by atoms with Crippen LogP contribution in [0.3, 0.4) is 0 Å². The van der Waals surface area contributed by atoms with Crippen molar-refractivity contribution >= 4 is 15.9 Å². The molecule has 2 aliphatic rings. The Labute approximate surface area is 153 Å². The first-order valence-corrected chi connectivity index (χ1v) is 9.83. The molecule has 2 aromatic rings. The van der Waals surface area contributed by atoms with Gasteiger partial charge in [-0.25, -0.2) is 0 Å². The van der Waals surface area contributed by atoms with E-state index in [1.54, 1.807) is 11.1 Å². The Balaban J connectivity index is 1.96. The lowest BCUT2D eigenvalue weighted by Gasteiger charge is -2.33. The number of ether oxygens (including phenoxy) is 1. The van der Waals surface area contributed by atoms with E-state index in [0.29, 0.717) is 6.61 Å². The van der Waals surface area contributed by atoms with Crippen LogP contribution in [0.2, 0.25) is 0 Å². The van der Waals surface area contributed by atoms with Crippen LogP contribution in [-0.4, -0.2) is 6.61 Å². The van der Waals surface area contributed by atoms with Crippen LogP contribution in [0.1, 0.15) is 55.5 Å². The summed E-state index contributed by atoms with van der Waals surface area (Å²) in [4.78, 5) is 0. The summed E-state index contributed by atoms with van der Waals surface area (Å²) < 4.78 is 7.04. The van der Waals surface area contributed by atoms with Crippen molar-refractivity contribution in [2.75, 3.05) is 6.61 Å². The maximum atomic E-state index is 5.87. The smallest absolute Gasteiger partial charge is 0.134 e. The largest absolute Gasteiger partial charge is 0.493 e. The first kappa shape index (κ1) is 16.2. The molecule has 126 valence electrons. The van der Waals surface area contributed by atoms with Crippen molar-refractivity contribution in [2.45, 2.75) is 58.8 Å². The summed E-state index contributed by atoms with van der Waals surface area (Å²) in [5.41, 5.74) is 10.7. The molecule has 0 unspecified atom stereocenters. The van der Waals surface area contributed by atoms with Gasteiger partial charge in [0.1, 0.15) is 5.75 Å². The van der Waals surface area contributed by atoms with E-state index in [1.165, 1.54) is 32.3 Å². The van der Waals surface area contributed by atoms with E-state index in [2.05, 4.69) is 61.8 Å². The molecule has 1 nitrogen and oxygen atoms in total. The Morgan fingerprint density at radius 2 is 1.50 bits per heavy atom. The van der Waals surface area contributed by atoms with Gasteiger partial charge in [0.25, 0.3) is 0 Å². The first-order valence-electron chi connectivity index (χ1n) is 9.04. The molecule has 0 bridgehead atoms. The molecular formula is C22H25BrO. The molecule has 24 heavy (non-hydrogen) atoms. The van der Waals surface area contributed by atoms with Gasteiger partial charge in [0, 0.05) is 0 Å². The van der Waals surface area contributed by atoms with Gasteiger partial charge in [0.2, 0.25) is 0 Å². The number of benzene rings is 2. The number of hydrogen-bond donors (Lipinski definition) is 0. The zero-order chi connectivity index (χ0) is 17.1. The lowest BCUT2D eigenvalue weighted by atomic mass is 9.72. The molecule has 0 saturated carbocycles. The van der Waals surface area contributed by atoms with Crippen molar-refractivity contribution in [1.82, 2.24) is 0 Å². The van der Waals surface area contributed by atoms with Crippen molar-refractivity contribution in [1.29, 1.82) is 0 Å². The van der Waals surface area contributed by atoms with Gasteiger partial charge in [-0.3, -0.25) is 0 Å². The van der Waals surface area contributed by atoms with Crippen LogP contribution < -0.4 is 4.74 Å². The highest BCUT2D eigenvalue weighted by molar-refractivity contribution is 9.10. The van der Waals surface area contributed by atoms with Gasteiger partial charge in [0.15, 0.2) is 0 Å². The van der Waals surface area contributed by atoms with Gasteiger partial charge in [-0.2, -0.15) is 0 Å². The molecule has 0 spiro atoms. The summed E-state index contributed by atoms with van der Waals surface area (Å²) in [5.74, 6) is 1.02. The van der Waals surface area contributed by atoms with Crippen molar-refractivity contribution < 1.29 is 4.74 Å². The average molecular weight is 385 g/mol. The maximum Gasteiger partial charge on any atom is 0.134 e. The van der Waals surface area contributed by atoms with Crippen LogP contribution >= 0.6 is 15.9 Å². The SMILES string of the molecule is CCOc1cc2c3c(c1Br)CCc1cc(C(C)(C)C)cc(c1-3)CC2. The highest BCUT2D eigenvalue weighted by atomic mass is 79.9. The Morgan fingerprint density at radius 3 is 2.08 bits per heavy atom. The topological polar surface area (TPSA) is 9.23 Å². The summed E-state index contributed by atoms with van der Waals surface area (Å²) in [5, 5.41) is 0. The lowest BCUT2D eigenvalue weighted by molar-refractivity contribution is 0.337. The van der Waals surface area contributed by atoms with Crippen LogP contribution in [0.4, 0.5) is 0 Å². The van der Waals surface area contributed by atoms with Crippen LogP contribution in [0, 0.1) is 0 Å². The van der Waals surface area contributed by atoms with Gasteiger partial charge >= 0.3 is 0 Å². The summed E-state index contributed by atoms with van der Waals surface area (Å²) in [6, 6.07) is 7.19. The molecular weight excluding hydrogens is 360 g/mol. The Bertz CT molecular complexity index is 810. The monoisotopic (exact) mass is 384 g/mol. The van der Waals surface area contributed by atoms with Crippen LogP contribution in [0.25, 0.3) is 11.1 Å². The van der Waals surface area contributed by atoms with Crippen LogP contribution in [0.5, 0.6) is 5.75 Å². The summed E-state index contributed by atoms with van der Waals surface area (Å²) in [6.07, 6.45) is 4.50. The molecule has 2 aromatic carbocycles. The third-order valence-corrected chi connectivity index (χ3v) is 6.30. The molecule has 2 heteroatoms. The second-order valence-electron chi connectivity index (χ2n) is 8.05. The van der Waals surface area contributed by atoms with E-state index in [0.717, 1.165) is 31.4 Å². The van der Waals surface area contributed by atoms with E-state index in [9.17, 15) is 0 Å². The normalized spacial score (nSPS) is 15.2. The fourth-order valence-electron chi connectivity index (χ4n) is 4.20. The lowest BCUT2D eigenvalue weighted by Crippen LogP contribution is -2.19. The minimum Gasteiger partial charge on any atom is -0.493 e. The minimum absolute atomic E-state index is 0.214.